The van der Waals surface area contributed by atoms with Crippen LogP contribution in [-0.4, -0.2) is 35.2 Å². The number of nitrogens with zero attached hydrogens (tertiary/aromatic N) is 3. The summed E-state index contributed by atoms with van der Waals surface area (Å²) < 4.78 is 10.8. The Kier molecular flexibility index (Phi) is 6.40. The van der Waals surface area contributed by atoms with Crippen LogP contribution in [0.25, 0.3) is 0 Å². The lowest BCUT2D eigenvalue weighted by molar-refractivity contribution is 0.331. The zero-order valence-electron chi connectivity index (χ0n) is 15.5. The Morgan fingerprint density at radius 3 is 2.56 bits per heavy atom. The quantitative estimate of drug-likeness (QED) is 0.563. The van der Waals surface area contributed by atoms with Crippen LogP contribution in [0.15, 0.2) is 54.9 Å². The van der Waals surface area contributed by atoms with Crippen molar-refractivity contribution < 1.29 is 9.47 Å². The van der Waals surface area contributed by atoms with Crippen molar-refractivity contribution in [2.24, 2.45) is 0 Å². The predicted molar refractivity (Wildman–Crippen MR) is 105 cm³/mol. The first-order valence-electron chi connectivity index (χ1n) is 8.72. The van der Waals surface area contributed by atoms with Gasteiger partial charge in [0.15, 0.2) is 0 Å². The van der Waals surface area contributed by atoms with Gasteiger partial charge in [0.2, 0.25) is 5.95 Å². The Balaban J connectivity index is 1.48. The van der Waals surface area contributed by atoms with Crippen molar-refractivity contribution in [1.82, 2.24) is 15.0 Å². The summed E-state index contributed by atoms with van der Waals surface area (Å²) in [5.74, 6) is 2.94. The van der Waals surface area contributed by atoms with Crippen molar-refractivity contribution in [3.8, 4) is 11.5 Å². The van der Waals surface area contributed by atoms with E-state index in [2.05, 4.69) is 25.6 Å². The molecule has 0 bridgehead atoms. The van der Waals surface area contributed by atoms with Gasteiger partial charge in [-0.2, -0.15) is 4.98 Å². The van der Waals surface area contributed by atoms with Crippen LogP contribution in [0.4, 0.5) is 11.8 Å². The first-order chi connectivity index (χ1) is 13.2. The number of hydrogen-bond acceptors (Lipinski definition) is 7. The van der Waals surface area contributed by atoms with Crippen LogP contribution in [0, 0.1) is 6.92 Å². The van der Waals surface area contributed by atoms with Gasteiger partial charge in [0, 0.05) is 30.7 Å². The Morgan fingerprint density at radius 1 is 1.00 bits per heavy atom. The van der Waals surface area contributed by atoms with Gasteiger partial charge in [-0.15, -0.1) is 0 Å². The number of ether oxygens (including phenoxy) is 2. The number of anilines is 2. The number of pyridine rings is 1. The first-order valence-corrected chi connectivity index (χ1v) is 8.72. The lowest BCUT2D eigenvalue weighted by atomic mass is 10.3. The summed E-state index contributed by atoms with van der Waals surface area (Å²) in [4.78, 5) is 13.0. The summed E-state index contributed by atoms with van der Waals surface area (Å²) in [5, 5.41) is 6.49. The van der Waals surface area contributed by atoms with E-state index in [9.17, 15) is 0 Å². The average molecular weight is 365 g/mol. The van der Waals surface area contributed by atoms with Gasteiger partial charge in [0.05, 0.1) is 13.7 Å². The molecule has 7 heteroatoms. The minimum Gasteiger partial charge on any atom is -0.497 e. The fourth-order valence-corrected chi connectivity index (χ4v) is 2.44. The highest BCUT2D eigenvalue weighted by Gasteiger charge is 2.03. The third-order valence-electron chi connectivity index (χ3n) is 3.76. The molecule has 2 heterocycles. The molecule has 0 atom stereocenters. The van der Waals surface area contributed by atoms with Crippen LogP contribution >= 0.6 is 0 Å². The second-order valence-electron chi connectivity index (χ2n) is 5.88. The molecule has 27 heavy (non-hydrogen) atoms. The lowest BCUT2D eigenvalue weighted by Crippen LogP contribution is -2.14. The zero-order chi connectivity index (χ0) is 18.9. The number of aryl methyl sites for hydroxylation is 1. The van der Waals surface area contributed by atoms with E-state index < -0.39 is 0 Å². The molecular weight excluding hydrogens is 342 g/mol. The normalized spacial score (nSPS) is 10.3. The Bertz CT molecular complexity index is 841. The fraction of sp³-hybridized carbons (Fsp3) is 0.250. The van der Waals surface area contributed by atoms with Crippen LogP contribution in [0.1, 0.15) is 11.3 Å². The van der Waals surface area contributed by atoms with Gasteiger partial charge in [-0.05, 0) is 42.8 Å². The summed E-state index contributed by atoms with van der Waals surface area (Å²) in [6.45, 7) is 3.69. The maximum Gasteiger partial charge on any atom is 0.224 e. The van der Waals surface area contributed by atoms with Crippen LogP contribution < -0.4 is 20.1 Å². The molecule has 3 aromatic rings. The van der Waals surface area contributed by atoms with E-state index in [1.165, 1.54) is 0 Å². The second-order valence-corrected chi connectivity index (χ2v) is 5.88. The van der Waals surface area contributed by atoms with Crippen LogP contribution in [0.3, 0.4) is 0 Å². The van der Waals surface area contributed by atoms with Gasteiger partial charge in [0.25, 0.3) is 0 Å². The van der Waals surface area contributed by atoms with Gasteiger partial charge in [-0.1, -0.05) is 6.07 Å². The minimum atomic E-state index is 0.502. The highest BCUT2D eigenvalue weighted by Crippen LogP contribution is 2.17. The number of nitrogens with one attached hydrogen (secondary N) is 2. The van der Waals surface area contributed by atoms with Crippen molar-refractivity contribution in [2.75, 3.05) is 30.9 Å². The van der Waals surface area contributed by atoms with Gasteiger partial charge >= 0.3 is 0 Å². The van der Waals surface area contributed by atoms with Crippen molar-refractivity contribution in [2.45, 2.75) is 13.5 Å². The molecule has 3 rings (SSSR count). The Morgan fingerprint density at radius 2 is 1.81 bits per heavy atom. The summed E-state index contributed by atoms with van der Waals surface area (Å²) in [6.07, 6.45) is 3.59. The topological polar surface area (TPSA) is 81.2 Å². The largest absolute Gasteiger partial charge is 0.497 e. The molecule has 0 radical (unpaired) electrons. The highest BCUT2D eigenvalue weighted by molar-refractivity contribution is 5.42. The molecule has 0 unspecified atom stereocenters. The minimum absolute atomic E-state index is 0.502. The molecule has 0 aliphatic carbocycles. The maximum absolute atomic E-state index is 5.70. The van der Waals surface area contributed by atoms with Crippen LogP contribution in [0.2, 0.25) is 0 Å². The van der Waals surface area contributed by atoms with Crippen molar-refractivity contribution in [3.05, 3.63) is 66.1 Å². The molecule has 0 saturated heterocycles. The van der Waals surface area contributed by atoms with E-state index in [0.717, 1.165) is 28.6 Å². The third kappa shape index (κ3) is 5.85. The SMILES string of the molecule is COc1ccc(OCCNc2nc(C)cc(NCc3cccnc3)n2)cc1. The standard InChI is InChI=1S/C20H23N5O2/c1-15-12-19(23-14-16-4-3-9-21-13-16)25-20(24-15)22-10-11-27-18-7-5-17(26-2)6-8-18/h3-9,12-13H,10-11,14H2,1-2H3,(H2,22,23,24,25). The molecule has 0 amide bonds. The van der Waals surface area contributed by atoms with E-state index in [0.29, 0.717) is 25.6 Å². The average Bonchev–Trinajstić information content (AvgIpc) is 2.70. The monoisotopic (exact) mass is 365 g/mol. The lowest BCUT2D eigenvalue weighted by Gasteiger charge is -2.11. The van der Waals surface area contributed by atoms with Gasteiger partial charge in [-0.3, -0.25) is 4.98 Å². The molecule has 2 N–H and O–H groups in total. The van der Waals surface area contributed by atoms with Crippen molar-refractivity contribution in [3.63, 3.8) is 0 Å². The Hall–Kier alpha value is -3.35. The number of rotatable bonds is 9. The molecule has 0 spiro atoms. The van der Waals surface area contributed by atoms with Gasteiger partial charge in [0.1, 0.15) is 23.9 Å². The van der Waals surface area contributed by atoms with Crippen molar-refractivity contribution in [1.29, 1.82) is 0 Å². The summed E-state index contributed by atoms with van der Waals surface area (Å²) in [6, 6.07) is 13.3. The molecule has 7 nitrogen and oxygen atoms in total. The fourth-order valence-electron chi connectivity index (χ4n) is 2.44. The molecule has 0 aliphatic rings. The molecule has 0 fully saturated rings. The van der Waals surface area contributed by atoms with E-state index in [1.54, 1.807) is 13.3 Å². The predicted octanol–water partition coefficient (Wildman–Crippen LogP) is 3.29. The van der Waals surface area contributed by atoms with Gasteiger partial charge in [-0.25, -0.2) is 4.98 Å². The number of hydrogen-bond donors (Lipinski definition) is 2. The first kappa shape index (κ1) is 18.4. The number of methoxy groups -OCH3 is 1. The molecule has 0 saturated carbocycles. The third-order valence-corrected chi connectivity index (χ3v) is 3.76. The van der Waals surface area contributed by atoms with Crippen LogP contribution in [0.5, 0.6) is 11.5 Å². The van der Waals surface area contributed by atoms with Gasteiger partial charge < -0.3 is 20.1 Å². The highest BCUT2D eigenvalue weighted by atomic mass is 16.5. The molecular formula is C20H23N5O2. The maximum atomic E-state index is 5.70. The second kappa shape index (κ2) is 9.38. The summed E-state index contributed by atoms with van der Waals surface area (Å²) in [5.41, 5.74) is 1.98. The van der Waals surface area contributed by atoms with Crippen LogP contribution in [-0.2, 0) is 6.54 Å². The van der Waals surface area contributed by atoms with E-state index in [-0.39, 0.29) is 0 Å². The van der Waals surface area contributed by atoms with E-state index >= 15 is 0 Å². The summed E-state index contributed by atoms with van der Waals surface area (Å²) in [7, 11) is 1.64. The van der Waals surface area contributed by atoms with E-state index in [4.69, 9.17) is 9.47 Å². The molecule has 1 aromatic carbocycles. The Labute approximate surface area is 158 Å². The molecule has 140 valence electrons. The molecule has 0 aliphatic heterocycles. The molecule has 2 aromatic heterocycles. The summed E-state index contributed by atoms with van der Waals surface area (Å²) >= 11 is 0. The van der Waals surface area contributed by atoms with Crippen molar-refractivity contribution >= 4 is 11.8 Å². The number of aromatic nitrogens is 3. The zero-order valence-corrected chi connectivity index (χ0v) is 15.5. The van der Waals surface area contributed by atoms with E-state index in [1.807, 2.05) is 55.6 Å². The number of benzene rings is 1. The smallest absolute Gasteiger partial charge is 0.224 e.